The van der Waals surface area contributed by atoms with E-state index in [-0.39, 0.29) is 18.2 Å². The fourth-order valence-electron chi connectivity index (χ4n) is 1.56. The van der Waals surface area contributed by atoms with E-state index in [1.165, 1.54) is 18.2 Å². The van der Waals surface area contributed by atoms with Crippen LogP contribution in [0.3, 0.4) is 0 Å². The van der Waals surface area contributed by atoms with Crippen molar-refractivity contribution in [1.82, 2.24) is 4.90 Å². The van der Waals surface area contributed by atoms with Crippen molar-refractivity contribution in [1.29, 1.82) is 0 Å². The number of rotatable bonds is 4. The molecule has 5 heteroatoms. The number of benzene rings is 1. The maximum atomic E-state index is 12.8. The standard InChI is InChI=1S/C12H15FN2O2/c1-15(9-3-4-9)12(16)7-17-11-5-2-8(13)6-10(11)14/h2,5-6,9H,3-4,7,14H2,1H3. The third-order valence-corrected chi connectivity index (χ3v) is 2.81. The van der Waals surface area contributed by atoms with Crippen LogP contribution in [-0.2, 0) is 4.79 Å². The lowest BCUT2D eigenvalue weighted by Crippen LogP contribution is -2.33. The summed E-state index contributed by atoms with van der Waals surface area (Å²) in [6.07, 6.45) is 2.11. The first-order valence-corrected chi connectivity index (χ1v) is 5.51. The first-order chi connectivity index (χ1) is 8.08. The van der Waals surface area contributed by atoms with Gasteiger partial charge in [-0.25, -0.2) is 4.39 Å². The maximum absolute atomic E-state index is 12.8. The van der Waals surface area contributed by atoms with Crippen molar-refractivity contribution < 1.29 is 13.9 Å². The zero-order valence-corrected chi connectivity index (χ0v) is 9.65. The summed E-state index contributed by atoms with van der Waals surface area (Å²) < 4.78 is 18.0. The number of carbonyl (C=O) groups is 1. The van der Waals surface area contributed by atoms with E-state index < -0.39 is 5.82 Å². The molecule has 0 aromatic heterocycles. The average molecular weight is 238 g/mol. The number of likely N-dealkylation sites (N-methyl/N-ethyl adjacent to an activating group) is 1. The molecular weight excluding hydrogens is 223 g/mol. The second-order valence-corrected chi connectivity index (χ2v) is 4.21. The number of halogens is 1. The number of ether oxygens (including phenoxy) is 1. The number of anilines is 1. The van der Waals surface area contributed by atoms with Gasteiger partial charge in [-0.05, 0) is 25.0 Å². The molecule has 2 N–H and O–H groups in total. The minimum Gasteiger partial charge on any atom is -0.482 e. The van der Waals surface area contributed by atoms with E-state index in [0.29, 0.717) is 11.8 Å². The molecule has 1 amide bonds. The molecule has 17 heavy (non-hydrogen) atoms. The normalized spacial score (nSPS) is 14.5. The number of carbonyl (C=O) groups excluding carboxylic acids is 1. The van der Waals surface area contributed by atoms with Crippen molar-refractivity contribution in [2.75, 3.05) is 19.4 Å². The number of amides is 1. The predicted octanol–water partition coefficient (Wildman–Crippen LogP) is 1.41. The predicted molar refractivity (Wildman–Crippen MR) is 62.1 cm³/mol. The molecule has 0 atom stereocenters. The van der Waals surface area contributed by atoms with E-state index in [1.54, 1.807) is 11.9 Å². The van der Waals surface area contributed by atoms with Gasteiger partial charge in [0.15, 0.2) is 6.61 Å². The molecule has 0 aliphatic heterocycles. The monoisotopic (exact) mass is 238 g/mol. The lowest BCUT2D eigenvalue weighted by Gasteiger charge is -2.16. The van der Waals surface area contributed by atoms with Crippen LogP contribution in [0.1, 0.15) is 12.8 Å². The van der Waals surface area contributed by atoms with Crippen LogP contribution in [0.15, 0.2) is 18.2 Å². The summed E-state index contributed by atoms with van der Waals surface area (Å²) in [6.45, 7) is -0.0666. The quantitative estimate of drug-likeness (QED) is 0.807. The highest BCUT2D eigenvalue weighted by atomic mass is 19.1. The first kappa shape index (κ1) is 11.7. The first-order valence-electron chi connectivity index (χ1n) is 5.51. The Hall–Kier alpha value is -1.78. The van der Waals surface area contributed by atoms with E-state index in [2.05, 4.69) is 0 Å². The molecule has 0 heterocycles. The molecule has 1 aliphatic rings. The van der Waals surface area contributed by atoms with E-state index in [0.717, 1.165) is 12.8 Å². The lowest BCUT2D eigenvalue weighted by molar-refractivity contribution is -0.132. The Kier molecular flexibility index (Phi) is 3.17. The summed E-state index contributed by atoms with van der Waals surface area (Å²) in [7, 11) is 1.76. The van der Waals surface area contributed by atoms with Crippen molar-refractivity contribution in [2.45, 2.75) is 18.9 Å². The number of hydrogen-bond donors (Lipinski definition) is 1. The Morgan fingerprint density at radius 3 is 2.88 bits per heavy atom. The van der Waals surface area contributed by atoms with Crippen LogP contribution in [0.4, 0.5) is 10.1 Å². The van der Waals surface area contributed by atoms with E-state index in [4.69, 9.17) is 10.5 Å². The molecule has 1 aromatic carbocycles. The van der Waals surface area contributed by atoms with Crippen molar-refractivity contribution >= 4 is 11.6 Å². The molecule has 92 valence electrons. The maximum Gasteiger partial charge on any atom is 0.260 e. The summed E-state index contributed by atoms with van der Waals surface area (Å²) in [5, 5.41) is 0. The van der Waals surface area contributed by atoms with Crippen LogP contribution in [0, 0.1) is 5.82 Å². The second-order valence-electron chi connectivity index (χ2n) is 4.21. The summed E-state index contributed by atoms with van der Waals surface area (Å²) in [5.41, 5.74) is 5.77. The van der Waals surface area contributed by atoms with Gasteiger partial charge in [-0.1, -0.05) is 0 Å². The fraction of sp³-hybridized carbons (Fsp3) is 0.417. The number of nitrogens with two attached hydrogens (primary N) is 1. The van der Waals surface area contributed by atoms with Crippen LogP contribution in [0.2, 0.25) is 0 Å². The Labute approximate surface area is 99.2 Å². The Balaban J connectivity index is 1.90. The van der Waals surface area contributed by atoms with E-state index in [1.807, 2.05) is 0 Å². The summed E-state index contributed by atoms with van der Waals surface area (Å²) >= 11 is 0. The topological polar surface area (TPSA) is 55.6 Å². The third kappa shape index (κ3) is 2.87. The Bertz CT molecular complexity index is 433. The highest BCUT2D eigenvalue weighted by molar-refractivity contribution is 5.78. The van der Waals surface area contributed by atoms with Gasteiger partial charge >= 0.3 is 0 Å². The van der Waals surface area contributed by atoms with Crippen molar-refractivity contribution in [2.24, 2.45) is 0 Å². The van der Waals surface area contributed by atoms with Crippen LogP contribution in [-0.4, -0.2) is 30.5 Å². The molecule has 4 nitrogen and oxygen atoms in total. The molecule has 0 spiro atoms. The molecule has 0 radical (unpaired) electrons. The molecule has 1 aliphatic carbocycles. The largest absolute Gasteiger partial charge is 0.482 e. The molecule has 1 saturated carbocycles. The molecule has 0 unspecified atom stereocenters. The molecule has 0 bridgehead atoms. The SMILES string of the molecule is CN(C(=O)COc1ccc(F)cc1N)C1CC1. The molecule has 1 aromatic rings. The number of nitrogen functional groups attached to an aromatic ring is 1. The van der Waals surface area contributed by atoms with Crippen molar-refractivity contribution in [3.8, 4) is 5.75 Å². The van der Waals surface area contributed by atoms with Gasteiger partial charge in [0.05, 0.1) is 5.69 Å². The van der Waals surface area contributed by atoms with Gasteiger partial charge in [0.2, 0.25) is 0 Å². The summed E-state index contributed by atoms with van der Waals surface area (Å²) in [6, 6.07) is 4.21. The Morgan fingerprint density at radius 2 is 2.29 bits per heavy atom. The lowest BCUT2D eigenvalue weighted by atomic mass is 10.3. The van der Waals surface area contributed by atoms with Gasteiger partial charge in [-0.15, -0.1) is 0 Å². The van der Waals surface area contributed by atoms with Crippen LogP contribution < -0.4 is 10.5 Å². The van der Waals surface area contributed by atoms with E-state index in [9.17, 15) is 9.18 Å². The van der Waals surface area contributed by atoms with Crippen LogP contribution in [0.5, 0.6) is 5.75 Å². The zero-order chi connectivity index (χ0) is 12.4. The van der Waals surface area contributed by atoms with Gasteiger partial charge in [0.25, 0.3) is 5.91 Å². The highest BCUT2D eigenvalue weighted by Crippen LogP contribution is 2.26. The fourth-order valence-corrected chi connectivity index (χ4v) is 1.56. The van der Waals surface area contributed by atoms with Gasteiger partial charge in [0.1, 0.15) is 11.6 Å². The third-order valence-electron chi connectivity index (χ3n) is 2.81. The molecule has 1 fully saturated rings. The number of nitrogens with zero attached hydrogens (tertiary/aromatic N) is 1. The minimum atomic E-state index is -0.420. The second kappa shape index (κ2) is 4.61. The van der Waals surface area contributed by atoms with Crippen LogP contribution in [0.25, 0.3) is 0 Å². The van der Waals surface area contributed by atoms with Gasteiger partial charge in [0, 0.05) is 19.2 Å². The van der Waals surface area contributed by atoms with Gasteiger partial charge in [-0.2, -0.15) is 0 Å². The van der Waals surface area contributed by atoms with Crippen LogP contribution >= 0.6 is 0 Å². The molecule has 2 rings (SSSR count). The number of hydrogen-bond acceptors (Lipinski definition) is 3. The van der Waals surface area contributed by atoms with Crippen molar-refractivity contribution in [3.05, 3.63) is 24.0 Å². The molecule has 0 saturated heterocycles. The van der Waals surface area contributed by atoms with Gasteiger partial charge < -0.3 is 15.4 Å². The Morgan fingerprint density at radius 1 is 1.59 bits per heavy atom. The van der Waals surface area contributed by atoms with Gasteiger partial charge in [-0.3, -0.25) is 4.79 Å². The van der Waals surface area contributed by atoms with Crippen molar-refractivity contribution in [3.63, 3.8) is 0 Å². The summed E-state index contributed by atoms with van der Waals surface area (Å²) in [4.78, 5) is 13.3. The minimum absolute atomic E-state index is 0.0666. The van der Waals surface area contributed by atoms with E-state index >= 15 is 0 Å². The summed E-state index contributed by atoms with van der Waals surface area (Å²) in [5.74, 6) is -0.170. The highest BCUT2D eigenvalue weighted by Gasteiger charge is 2.29. The smallest absolute Gasteiger partial charge is 0.260 e. The zero-order valence-electron chi connectivity index (χ0n) is 9.65. The average Bonchev–Trinajstić information content (AvgIpc) is 3.10. The molecular formula is C12H15FN2O2.